The predicted molar refractivity (Wildman–Crippen MR) is 66.0 cm³/mol. The average molecular weight is 241 g/mol. The number of rotatable bonds is 5. The Balaban J connectivity index is 2.96. The van der Waals surface area contributed by atoms with Gasteiger partial charge in [-0.15, -0.1) is 6.58 Å². The average Bonchev–Trinajstić information content (AvgIpc) is 2.17. The van der Waals surface area contributed by atoms with Gasteiger partial charge >= 0.3 is 0 Å². The topological polar surface area (TPSA) is 55.2 Å². The van der Waals surface area contributed by atoms with Crippen molar-refractivity contribution in [3.8, 4) is 0 Å². The first-order valence-electron chi connectivity index (χ1n) is 4.86. The highest BCUT2D eigenvalue weighted by Crippen LogP contribution is 2.28. The predicted octanol–water partition coefficient (Wildman–Crippen LogP) is 3.62. The molecule has 0 aliphatic rings. The molecule has 0 heterocycles. The highest BCUT2D eigenvalue weighted by atomic mass is 35.5. The summed E-state index contributed by atoms with van der Waals surface area (Å²) >= 11 is 5.80. The molecule has 0 aliphatic heterocycles. The van der Waals surface area contributed by atoms with Gasteiger partial charge in [0.2, 0.25) is 0 Å². The van der Waals surface area contributed by atoms with E-state index in [4.69, 9.17) is 11.6 Å². The molecule has 0 amide bonds. The fourth-order valence-corrected chi connectivity index (χ4v) is 1.53. The van der Waals surface area contributed by atoms with Gasteiger partial charge in [0, 0.05) is 17.1 Å². The van der Waals surface area contributed by atoms with Crippen molar-refractivity contribution in [2.24, 2.45) is 0 Å². The molecule has 1 unspecified atom stereocenters. The molecule has 1 rings (SSSR count). The largest absolute Gasteiger partial charge is 0.377 e. The first kappa shape index (κ1) is 12.5. The summed E-state index contributed by atoms with van der Waals surface area (Å²) in [5.74, 6) is 0. The third-order valence-corrected chi connectivity index (χ3v) is 2.31. The zero-order chi connectivity index (χ0) is 12.1. The molecule has 16 heavy (non-hydrogen) atoms. The molecule has 0 aliphatic carbocycles. The minimum atomic E-state index is -0.431. The van der Waals surface area contributed by atoms with Gasteiger partial charge in [0.1, 0.15) is 5.69 Å². The molecule has 86 valence electrons. The number of nitrogens with zero attached hydrogens (tertiary/aromatic N) is 1. The third kappa shape index (κ3) is 3.24. The molecule has 1 aromatic carbocycles. The lowest BCUT2D eigenvalue weighted by Gasteiger charge is -2.13. The van der Waals surface area contributed by atoms with Gasteiger partial charge in [-0.2, -0.15) is 0 Å². The van der Waals surface area contributed by atoms with Crippen LogP contribution in [-0.4, -0.2) is 11.0 Å². The number of nitrogens with one attached hydrogen (secondary N) is 1. The van der Waals surface area contributed by atoms with Crippen LogP contribution in [-0.2, 0) is 0 Å². The van der Waals surface area contributed by atoms with Gasteiger partial charge < -0.3 is 5.32 Å². The number of benzene rings is 1. The van der Waals surface area contributed by atoms with Gasteiger partial charge in [-0.05, 0) is 25.5 Å². The Labute approximate surface area is 99.1 Å². The molecule has 0 aromatic heterocycles. The summed E-state index contributed by atoms with van der Waals surface area (Å²) < 4.78 is 0. The van der Waals surface area contributed by atoms with Crippen molar-refractivity contribution in [1.29, 1.82) is 0 Å². The van der Waals surface area contributed by atoms with Crippen molar-refractivity contribution < 1.29 is 4.92 Å². The molecule has 4 nitrogen and oxygen atoms in total. The number of anilines is 1. The van der Waals surface area contributed by atoms with E-state index in [0.29, 0.717) is 10.7 Å². The normalized spacial score (nSPS) is 11.9. The van der Waals surface area contributed by atoms with Gasteiger partial charge in [0.25, 0.3) is 5.69 Å². The van der Waals surface area contributed by atoms with E-state index in [9.17, 15) is 10.1 Å². The molecule has 0 fully saturated rings. The quantitative estimate of drug-likeness (QED) is 0.486. The second-order valence-electron chi connectivity index (χ2n) is 3.49. The molecule has 1 atom stereocenters. The van der Waals surface area contributed by atoms with Crippen LogP contribution in [0.3, 0.4) is 0 Å². The maximum absolute atomic E-state index is 10.8. The van der Waals surface area contributed by atoms with Gasteiger partial charge in [-0.3, -0.25) is 10.1 Å². The zero-order valence-corrected chi connectivity index (χ0v) is 9.70. The molecule has 5 heteroatoms. The number of nitro benzene ring substituents is 1. The maximum Gasteiger partial charge on any atom is 0.292 e. The summed E-state index contributed by atoms with van der Waals surface area (Å²) in [5, 5.41) is 14.3. The van der Waals surface area contributed by atoms with Gasteiger partial charge in [-0.25, -0.2) is 0 Å². The van der Waals surface area contributed by atoms with Crippen molar-refractivity contribution in [1.82, 2.24) is 0 Å². The Bertz CT molecular complexity index is 407. The molecule has 0 bridgehead atoms. The minimum Gasteiger partial charge on any atom is -0.377 e. The van der Waals surface area contributed by atoms with Gasteiger partial charge in [-0.1, -0.05) is 17.7 Å². The van der Waals surface area contributed by atoms with Crippen LogP contribution >= 0.6 is 11.6 Å². The lowest BCUT2D eigenvalue weighted by atomic mass is 10.2. The van der Waals surface area contributed by atoms with Crippen LogP contribution in [0.25, 0.3) is 0 Å². The second kappa shape index (κ2) is 5.51. The summed E-state index contributed by atoms with van der Waals surface area (Å²) in [6, 6.07) is 4.53. The Morgan fingerprint density at radius 2 is 2.38 bits per heavy atom. The SMILES string of the molecule is C=CCC(C)Nc1cc(Cl)ccc1[N+](=O)[O-]. The van der Waals surface area contributed by atoms with E-state index in [1.807, 2.05) is 6.92 Å². The fourth-order valence-electron chi connectivity index (χ4n) is 1.36. The molecular weight excluding hydrogens is 228 g/mol. The van der Waals surface area contributed by atoms with E-state index < -0.39 is 4.92 Å². The second-order valence-corrected chi connectivity index (χ2v) is 3.92. The van der Waals surface area contributed by atoms with E-state index >= 15 is 0 Å². The van der Waals surface area contributed by atoms with Crippen molar-refractivity contribution in [3.63, 3.8) is 0 Å². The van der Waals surface area contributed by atoms with Crippen LogP contribution in [0.15, 0.2) is 30.9 Å². The van der Waals surface area contributed by atoms with E-state index in [-0.39, 0.29) is 11.7 Å². The van der Waals surface area contributed by atoms with Crippen LogP contribution in [0.1, 0.15) is 13.3 Å². The van der Waals surface area contributed by atoms with Gasteiger partial charge in [0.15, 0.2) is 0 Å². The van der Waals surface area contributed by atoms with Crippen LogP contribution in [0.4, 0.5) is 11.4 Å². The first-order chi connectivity index (χ1) is 7.54. The highest BCUT2D eigenvalue weighted by Gasteiger charge is 2.14. The summed E-state index contributed by atoms with van der Waals surface area (Å²) in [6.45, 7) is 5.54. The van der Waals surface area contributed by atoms with Crippen LogP contribution in [0.5, 0.6) is 0 Å². The lowest BCUT2D eigenvalue weighted by molar-refractivity contribution is -0.384. The highest BCUT2D eigenvalue weighted by molar-refractivity contribution is 6.31. The summed E-state index contributed by atoms with van der Waals surface area (Å²) in [4.78, 5) is 10.3. The van der Waals surface area contributed by atoms with E-state index in [1.54, 1.807) is 12.1 Å². The van der Waals surface area contributed by atoms with Gasteiger partial charge in [0.05, 0.1) is 4.92 Å². The Hall–Kier alpha value is -1.55. The molecule has 0 radical (unpaired) electrons. The molecule has 0 spiro atoms. The van der Waals surface area contributed by atoms with E-state index in [0.717, 1.165) is 6.42 Å². The number of hydrogen-bond donors (Lipinski definition) is 1. The number of halogens is 1. The van der Waals surface area contributed by atoms with Crippen LogP contribution < -0.4 is 5.32 Å². The molecule has 0 saturated heterocycles. The Kier molecular flexibility index (Phi) is 4.31. The maximum atomic E-state index is 10.8. The lowest BCUT2D eigenvalue weighted by Crippen LogP contribution is -2.14. The Morgan fingerprint density at radius 1 is 1.69 bits per heavy atom. The van der Waals surface area contributed by atoms with Crippen molar-refractivity contribution >= 4 is 23.0 Å². The zero-order valence-electron chi connectivity index (χ0n) is 8.94. The number of hydrogen-bond acceptors (Lipinski definition) is 3. The van der Waals surface area contributed by atoms with Crippen LogP contribution in [0.2, 0.25) is 5.02 Å². The monoisotopic (exact) mass is 240 g/mol. The van der Waals surface area contributed by atoms with Crippen molar-refractivity contribution in [2.45, 2.75) is 19.4 Å². The van der Waals surface area contributed by atoms with Crippen LogP contribution in [0, 0.1) is 10.1 Å². The van der Waals surface area contributed by atoms with Crippen molar-refractivity contribution in [2.75, 3.05) is 5.32 Å². The number of nitro groups is 1. The van der Waals surface area contributed by atoms with Crippen molar-refractivity contribution in [3.05, 3.63) is 46.0 Å². The van der Waals surface area contributed by atoms with E-state index in [2.05, 4.69) is 11.9 Å². The minimum absolute atomic E-state index is 0.0281. The summed E-state index contributed by atoms with van der Waals surface area (Å²) in [7, 11) is 0. The molecule has 1 aromatic rings. The first-order valence-corrected chi connectivity index (χ1v) is 5.23. The summed E-state index contributed by atoms with van der Waals surface area (Å²) in [6.07, 6.45) is 2.48. The third-order valence-electron chi connectivity index (χ3n) is 2.08. The smallest absolute Gasteiger partial charge is 0.292 e. The Morgan fingerprint density at radius 3 is 2.94 bits per heavy atom. The van der Waals surface area contributed by atoms with E-state index in [1.165, 1.54) is 12.1 Å². The standard InChI is InChI=1S/C11H13ClN2O2/c1-3-4-8(2)13-10-7-9(12)5-6-11(10)14(15)16/h3,5-8,13H,1,4H2,2H3. The molecular formula is C11H13ClN2O2. The summed E-state index contributed by atoms with van der Waals surface area (Å²) in [5.41, 5.74) is 0.465. The molecule has 0 saturated carbocycles. The molecule has 1 N–H and O–H groups in total. The fraction of sp³-hybridized carbons (Fsp3) is 0.273.